The van der Waals surface area contributed by atoms with Gasteiger partial charge in [0, 0.05) is 6.54 Å². The summed E-state index contributed by atoms with van der Waals surface area (Å²) >= 11 is 5.88. The Balaban J connectivity index is 2.03. The highest BCUT2D eigenvalue weighted by molar-refractivity contribution is 6.30. The maximum atomic E-state index is 5.88. The smallest absolute Gasteiger partial charge is 0.152 e. The Bertz CT molecular complexity index is 471. The number of benzene rings is 1. The fourth-order valence-electron chi connectivity index (χ4n) is 1.30. The molecule has 1 aromatic heterocycles. The SMILES string of the molecule is Cc1ncc(NCc2ccccc2)nc1Cl. The van der Waals surface area contributed by atoms with Gasteiger partial charge in [-0.3, -0.25) is 4.98 Å². The first-order valence-corrected chi connectivity index (χ1v) is 5.40. The van der Waals surface area contributed by atoms with E-state index in [2.05, 4.69) is 27.4 Å². The largest absolute Gasteiger partial charge is 0.365 e. The summed E-state index contributed by atoms with van der Waals surface area (Å²) in [6.07, 6.45) is 1.68. The molecule has 0 bridgehead atoms. The molecule has 0 unspecified atom stereocenters. The lowest BCUT2D eigenvalue weighted by Gasteiger charge is -2.06. The van der Waals surface area contributed by atoms with Crippen molar-refractivity contribution in [1.82, 2.24) is 9.97 Å². The van der Waals surface area contributed by atoms with E-state index in [-0.39, 0.29) is 0 Å². The minimum absolute atomic E-state index is 0.443. The summed E-state index contributed by atoms with van der Waals surface area (Å²) in [6, 6.07) is 10.1. The Morgan fingerprint density at radius 1 is 1.25 bits per heavy atom. The average molecular weight is 234 g/mol. The minimum Gasteiger partial charge on any atom is -0.365 e. The van der Waals surface area contributed by atoms with Crippen molar-refractivity contribution >= 4 is 17.4 Å². The van der Waals surface area contributed by atoms with Gasteiger partial charge in [0.15, 0.2) is 5.15 Å². The first-order valence-electron chi connectivity index (χ1n) is 5.02. The van der Waals surface area contributed by atoms with Gasteiger partial charge in [-0.05, 0) is 12.5 Å². The van der Waals surface area contributed by atoms with Crippen LogP contribution in [0.4, 0.5) is 5.82 Å². The van der Waals surface area contributed by atoms with E-state index in [1.54, 1.807) is 6.20 Å². The monoisotopic (exact) mass is 233 g/mol. The molecule has 0 atom stereocenters. The molecule has 1 aromatic carbocycles. The molecule has 82 valence electrons. The number of rotatable bonds is 3. The molecule has 0 radical (unpaired) electrons. The summed E-state index contributed by atoms with van der Waals surface area (Å²) in [6.45, 7) is 2.55. The number of halogens is 1. The lowest BCUT2D eigenvalue weighted by molar-refractivity contribution is 1.06. The Kier molecular flexibility index (Phi) is 3.37. The molecule has 1 N–H and O–H groups in total. The van der Waals surface area contributed by atoms with Crippen molar-refractivity contribution in [3.63, 3.8) is 0 Å². The van der Waals surface area contributed by atoms with Gasteiger partial charge < -0.3 is 5.32 Å². The fraction of sp³-hybridized carbons (Fsp3) is 0.167. The van der Waals surface area contributed by atoms with Gasteiger partial charge in [0.25, 0.3) is 0 Å². The van der Waals surface area contributed by atoms with E-state index in [1.807, 2.05) is 25.1 Å². The number of hydrogen-bond acceptors (Lipinski definition) is 3. The van der Waals surface area contributed by atoms with Crippen LogP contribution in [0.5, 0.6) is 0 Å². The van der Waals surface area contributed by atoms with Gasteiger partial charge >= 0.3 is 0 Å². The molecular formula is C12H12ClN3. The second kappa shape index (κ2) is 4.94. The summed E-state index contributed by atoms with van der Waals surface area (Å²) in [5.74, 6) is 0.694. The van der Waals surface area contributed by atoms with E-state index >= 15 is 0 Å². The van der Waals surface area contributed by atoms with E-state index < -0.39 is 0 Å². The van der Waals surface area contributed by atoms with Gasteiger partial charge in [-0.25, -0.2) is 4.98 Å². The average Bonchev–Trinajstić information content (AvgIpc) is 2.32. The van der Waals surface area contributed by atoms with Crippen LogP contribution >= 0.6 is 11.6 Å². The molecule has 0 saturated heterocycles. The quantitative estimate of drug-likeness (QED) is 0.886. The highest BCUT2D eigenvalue weighted by Crippen LogP contribution is 2.12. The van der Waals surface area contributed by atoms with Crippen molar-refractivity contribution in [2.24, 2.45) is 0 Å². The third-order valence-corrected chi connectivity index (χ3v) is 2.57. The van der Waals surface area contributed by atoms with Gasteiger partial charge in [0.2, 0.25) is 0 Å². The fourth-order valence-corrected chi connectivity index (χ4v) is 1.44. The molecule has 3 nitrogen and oxygen atoms in total. The zero-order chi connectivity index (χ0) is 11.4. The molecule has 0 aliphatic heterocycles. The van der Waals surface area contributed by atoms with Crippen LogP contribution < -0.4 is 5.32 Å². The summed E-state index contributed by atoms with van der Waals surface area (Å²) in [5, 5.41) is 3.61. The molecular weight excluding hydrogens is 222 g/mol. The van der Waals surface area contributed by atoms with E-state index in [9.17, 15) is 0 Å². The van der Waals surface area contributed by atoms with Crippen molar-refractivity contribution in [3.05, 3.63) is 52.9 Å². The maximum absolute atomic E-state index is 5.88. The van der Waals surface area contributed by atoms with Crippen molar-refractivity contribution in [1.29, 1.82) is 0 Å². The highest BCUT2D eigenvalue weighted by atomic mass is 35.5. The maximum Gasteiger partial charge on any atom is 0.152 e. The first kappa shape index (κ1) is 10.9. The van der Waals surface area contributed by atoms with Crippen molar-refractivity contribution in [3.8, 4) is 0 Å². The summed E-state index contributed by atoms with van der Waals surface area (Å²) in [7, 11) is 0. The third-order valence-electron chi connectivity index (χ3n) is 2.21. The lowest BCUT2D eigenvalue weighted by atomic mass is 10.2. The molecule has 0 spiro atoms. The second-order valence-corrected chi connectivity index (χ2v) is 3.83. The van der Waals surface area contributed by atoms with E-state index in [0.717, 1.165) is 12.2 Å². The molecule has 4 heteroatoms. The molecule has 1 heterocycles. The summed E-state index contributed by atoms with van der Waals surface area (Å²) < 4.78 is 0. The highest BCUT2D eigenvalue weighted by Gasteiger charge is 2.00. The van der Waals surface area contributed by atoms with Gasteiger partial charge in [-0.1, -0.05) is 41.9 Å². The van der Waals surface area contributed by atoms with E-state index in [1.165, 1.54) is 5.56 Å². The van der Waals surface area contributed by atoms with Crippen LogP contribution in [0.25, 0.3) is 0 Å². The molecule has 0 amide bonds. The minimum atomic E-state index is 0.443. The summed E-state index contributed by atoms with van der Waals surface area (Å²) in [5.41, 5.74) is 1.94. The van der Waals surface area contributed by atoms with E-state index in [4.69, 9.17) is 11.6 Å². The van der Waals surface area contributed by atoms with Gasteiger partial charge in [0.1, 0.15) is 5.82 Å². The van der Waals surface area contributed by atoms with E-state index in [0.29, 0.717) is 11.0 Å². The third kappa shape index (κ3) is 2.70. The molecule has 0 aliphatic carbocycles. The second-order valence-electron chi connectivity index (χ2n) is 3.47. The number of aromatic nitrogens is 2. The number of aryl methyl sites for hydroxylation is 1. The van der Waals surface area contributed by atoms with Crippen LogP contribution in [0, 0.1) is 6.92 Å². The molecule has 2 rings (SSSR count). The predicted octanol–water partition coefficient (Wildman–Crippen LogP) is 3.05. The van der Waals surface area contributed by atoms with Gasteiger partial charge in [-0.15, -0.1) is 0 Å². The standard InChI is InChI=1S/C12H12ClN3/c1-9-12(13)16-11(8-14-9)15-7-10-5-3-2-4-6-10/h2-6,8H,7H2,1H3,(H,15,16). The predicted molar refractivity (Wildman–Crippen MR) is 65.5 cm³/mol. The molecule has 16 heavy (non-hydrogen) atoms. The molecule has 0 saturated carbocycles. The number of anilines is 1. The Labute approximate surface area is 99.5 Å². The van der Waals surface area contributed by atoms with Crippen molar-refractivity contribution in [2.75, 3.05) is 5.32 Å². The van der Waals surface area contributed by atoms with Crippen LogP contribution in [0.3, 0.4) is 0 Å². The van der Waals surface area contributed by atoms with Crippen molar-refractivity contribution in [2.45, 2.75) is 13.5 Å². The summed E-state index contributed by atoms with van der Waals surface area (Å²) in [4.78, 5) is 8.31. The van der Waals surface area contributed by atoms with Crippen LogP contribution in [0.1, 0.15) is 11.3 Å². The zero-order valence-corrected chi connectivity index (χ0v) is 9.70. The Morgan fingerprint density at radius 3 is 2.69 bits per heavy atom. The number of nitrogens with zero attached hydrogens (tertiary/aromatic N) is 2. The van der Waals surface area contributed by atoms with Crippen LogP contribution in [0.2, 0.25) is 5.15 Å². The van der Waals surface area contributed by atoms with Gasteiger partial charge in [-0.2, -0.15) is 0 Å². The molecule has 0 aliphatic rings. The number of hydrogen-bond donors (Lipinski definition) is 1. The zero-order valence-electron chi connectivity index (χ0n) is 8.94. The lowest BCUT2D eigenvalue weighted by Crippen LogP contribution is -2.02. The van der Waals surface area contributed by atoms with Crippen LogP contribution in [-0.4, -0.2) is 9.97 Å². The topological polar surface area (TPSA) is 37.8 Å². The van der Waals surface area contributed by atoms with Crippen LogP contribution in [-0.2, 0) is 6.54 Å². The first-order chi connectivity index (χ1) is 7.75. The Hall–Kier alpha value is -1.61. The van der Waals surface area contributed by atoms with Gasteiger partial charge in [0.05, 0.1) is 11.9 Å². The molecule has 0 fully saturated rings. The Morgan fingerprint density at radius 2 is 2.00 bits per heavy atom. The van der Waals surface area contributed by atoms with Crippen LogP contribution in [0.15, 0.2) is 36.5 Å². The molecule has 2 aromatic rings. The normalized spacial score (nSPS) is 10.1. The van der Waals surface area contributed by atoms with Crippen molar-refractivity contribution < 1.29 is 0 Å². The number of nitrogens with one attached hydrogen (secondary N) is 1.